The summed E-state index contributed by atoms with van der Waals surface area (Å²) in [7, 11) is 0. The molecule has 2 aromatic rings. The number of benzene rings is 2. The number of carbonyl (C=O) groups excluding carboxylic acids is 2. The zero-order valence-electron chi connectivity index (χ0n) is 17.6. The van der Waals surface area contributed by atoms with Crippen LogP contribution in [0.15, 0.2) is 53.4 Å². The van der Waals surface area contributed by atoms with Crippen molar-refractivity contribution in [2.45, 2.75) is 36.7 Å². The van der Waals surface area contributed by atoms with E-state index in [0.29, 0.717) is 23.5 Å². The van der Waals surface area contributed by atoms with Crippen molar-refractivity contribution in [2.75, 3.05) is 42.2 Å². The van der Waals surface area contributed by atoms with Crippen LogP contribution in [0.25, 0.3) is 0 Å². The van der Waals surface area contributed by atoms with Gasteiger partial charge in [0.2, 0.25) is 5.91 Å². The van der Waals surface area contributed by atoms with E-state index >= 15 is 0 Å². The van der Waals surface area contributed by atoms with Crippen LogP contribution in [-0.2, 0) is 9.53 Å². The molecule has 0 radical (unpaired) electrons. The molecule has 0 aromatic heterocycles. The second kappa shape index (κ2) is 10.7. The average Bonchev–Trinajstić information content (AvgIpc) is 3.51. The Morgan fingerprint density at radius 2 is 1.87 bits per heavy atom. The molecule has 1 unspecified atom stereocenters. The third-order valence-corrected chi connectivity index (χ3v) is 6.61. The highest BCUT2D eigenvalue weighted by Gasteiger charge is 2.22. The minimum atomic E-state index is -0.118. The van der Waals surface area contributed by atoms with E-state index in [9.17, 15) is 9.59 Å². The van der Waals surface area contributed by atoms with E-state index in [1.807, 2.05) is 42.5 Å². The summed E-state index contributed by atoms with van der Waals surface area (Å²) in [5, 5.41) is 5.96. The molecule has 2 saturated heterocycles. The topological polar surface area (TPSA) is 70.7 Å². The highest BCUT2D eigenvalue weighted by molar-refractivity contribution is 8.00. The van der Waals surface area contributed by atoms with Gasteiger partial charge in [-0.1, -0.05) is 18.2 Å². The van der Waals surface area contributed by atoms with Crippen LogP contribution in [0, 0.1) is 0 Å². The van der Waals surface area contributed by atoms with Crippen molar-refractivity contribution in [3.8, 4) is 0 Å². The van der Waals surface area contributed by atoms with Crippen molar-refractivity contribution in [1.82, 2.24) is 5.32 Å². The largest absolute Gasteiger partial charge is 0.376 e. The van der Waals surface area contributed by atoms with Gasteiger partial charge >= 0.3 is 0 Å². The number of hydrogen-bond acceptors (Lipinski definition) is 5. The van der Waals surface area contributed by atoms with E-state index in [0.717, 1.165) is 56.0 Å². The molecule has 6 nitrogen and oxygen atoms in total. The highest BCUT2D eigenvalue weighted by atomic mass is 32.2. The number of rotatable bonds is 8. The molecule has 2 amide bonds. The van der Waals surface area contributed by atoms with Crippen molar-refractivity contribution >= 4 is 35.0 Å². The second-order valence-electron chi connectivity index (χ2n) is 7.92. The lowest BCUT2D eigenvalue weighted by Crippen LogP contribution is -2.33. The highest BCUT2D eigenvalue weighted by Crippen LogP contribution is 2.28. The number of ether oxygens (including phenoxy) is 1. The van der Waals surface area contributed by atoms with Gasteiger partial charge in [0.1, 0.15) is 0 Å². The zero-order chi connectivity index (χ0) is 21.5. The lowest BCUT2D eigenvalue weighted by molar-refractivity contribution is -0.113. The van der Waals surface area contributed by atoms with Crippen LogP contribution in [-0.4, -0.2) is 49.9 Å². The molecule has 2 fully saturated rings. The molecule has 0 spiro atoms. The Bertz CT molecular complexity index is 894. The van der Waals surface area contributed by atoms with Crippen molar-refractivity contribution < 1.29 is 14.3 Å². The van der Waals surface area contributed by atoms with Gasteiger partial charge in [-0.15, -0.1) is 11.8 Å². The van der Waals surface area contributed by atoms with Crippen LogP contribution in [0.1, 0.15) is 36.0 Å². The third-order valence-electron chi connectivity index (χ3n) is 5.60. The molecular formula is C24H29N3O3S. The number of nitrogens with one attached hydrogen (secondary N) is 2. The molecular weight excluding hydrogens is 410 g/mol. The van der Waals surface area contributed by atoms with Gasteiger partial charge in [-0.05, 0) is 56.0 Å². The fourth-order valence-electron chi connectivity index (χ4n) is 4.00. The molecule has 4 rings (SSSR count). The number of thioether (sulfide) groups is 1. The molecule has 0 aliphatic carbocycles. The molecule has 1 atom stereocenters. The normalized spacial score (nSPS) is 18.2. The fourth-order valence-corrected chi connectivity index (χ4v) is 4.72. The molecule has 2 aromatic carbocycles. The van der Waals surface area contributed by atoms with E-state index in [4.69, 9.17) is 4.74 Å². The number of hydrogen-bond donors (Lipinski definition) is 2. The first-order chi connectivity index (χ1) is 15.2. The Morgan fingerprint density at radius 1 is 1.06 bits per heavy atom. The van der Waals surface area contributed by atoms with Gasteiger partial charge in [0.25, 0.3) is 5.91 Å². The predicted octanol–water partition coefficient (Wildman–Crippen LogP) is 3.93. The number of anilines is 2. The van der Waals surface area contributed by atoms with E-state index < -0.39 is 0 Å². The maximum Gasteiger partial charge on any atom is 0.253 e. The van der Waals surface area contributed by atoms with E-state index in [1.165, 1.54) is 11.8 Å². The molecule has 2 aliphatic heterocycles. The van der Waals surface area contributed by atoms with Crippen molar-refractivity contribution in [2.24, 2.45) is 0 Å². The Kier molecular flexibility index (Phi) is 7.48. The molecule has 7 heteroatoms. The van der Waals surface area contributed by atoms with Gasteiger partial charge in [-0.2, -0.15) is 0 Å². The van der Waals surface area contributed by atoms with Crippen LogP contribution in [0.2, 0.25) is 0 Å². The SMILES string of the molecule is O=C(CSc1ccccc1)Nc1ccc(N2CCCC2)c(C(=O)NCC2CCCO2)c1. The second-order valence-corrected chi connectivity index (χ2v) is 8.97. The molecule has 0 saturated carbocycles. The molecule has 164 valence electrons. The van der Waals surface area contributed by atoms with E-state index in [-0.39, 0.29) is 17.9 Å². The summed E-state index contributed by atoms with van der Waals surface area (Å²) in [6.07, 6.45) is 4.38. The number of amides is 2. The summed E-state index contributed by atoms with van der Waals surface area (Å²) in [6.45, 7) is 3.18. The summed E-state index contributed by atoms with van der Waals surface area (Å²) in [4.78, 5) is 28.8. The summed E-state index contributed by atoms with van der Waals surface area (Å²) in [6, 6.07) is 15.5. The smallest absolute Gasteiger partial charge is 0.253 e. The van der Waals surface area contributed by atoms with E-state index in [2.05, 4.69) is 15.5 Å². The van der Waals surface area contributed by atoms with Crippen LogP contribution in [0.3, 0.4) is 0 Å². The van der Waals surface area contributed by atoms with Crippen molar-refractivity contribution in [3.63, 3.8) is 0 Å². The standard InChI is InChI=1S/C24H29N3O3S/c28-23(17-31-20-8-2-1-3-9-20)26-18-10-11-22(27-12-4-5-13-27)21(15-18)24(29)25-16-19-7-6-14-30-19/h1-3,8-11,15,19H,4-7,12-14,16-17H2,(H,25,29)(H,26,28). The van der Waals surface area contributed by atoms with Crippen LogP contribution in [0.4, 0.5) is 11.4 Å². The first-order valence-corrected chi connectivity index (χ1v) is 11.9. The predicted molar refractivity (Wildman–Crippen MR) is 125 cm³/mol. The zero-order valence-corrected chi connectivity index (χ0v) is 18.5. The van der Waals surface area contributed by atoms with Crippen LogP contribution >= 0.6 is 11.8 Å². The summed E-state index contributed by atoms with van der Waals surface area (Å²) in [5.41, 5.74) is 2.18. The molecule has 0 bridgehead atoms. The Balaban J connectivity index is 1.43. The average molecular weight is 440 g/mol. The molecule has 31 heavy (non-hydrogen) atoms. The molecule has 2 aliphatic rings. The van der Waals surface area contributed by atoms with Gasteiger partial charge < -0.3 is 20.3 Å². The Hall–Kier alpha value is -2.51. The molecule has 2 heterocycles. The number of nitrogens with zero attached hydrogens (tertiary/aromatic N) is 1. The number of carbonyl (C=O) groups is 2. The minimum Gasteiger partial charge on any atom is -0.376 e. The van der Waals surface area contributed by atoms with E-state index in [1.54, 1.807) is 6.07 Å². The quantitative estimate of drug-likeness (QED) is 0.610. The Morgan fingerprint density at radius 3 is 2.61 bits per heavy atom. The van der Waals surface area contributed by atoms with Gasteiger partial charge in [0.05, 0.1) is 17.4 Å². The summed E-state index contributed by atoms with van der Waals surface area (Å²) >= 11 is 1.49. The third kappa shape index (κ3) is 6.02. The van der Waals surface area contributed by atoms with Gasteiger partial charge in [-0.3, -0.25) is 9.59 Å². The van der Waals surface area contributed by atoms with Crippen LogP contribution in [0.5, 0.6) is 0 Å². The lowest BCUT2D eigenvalue weighted by Gasteiger charge is -2.22. The van der Waals surface area contributed by atoms with Gasteiger partial charge in [-0.25, -0.2) is 0 Å². The summed E-state index contributed by atoms with van der Waals surface area (Å²) in [5.74, 6) is 0.110. The van der Waals surface area contributed by atoms with Gasteiger partial charge in [0, 0.05) is 42.5 Å². The maximum atomic E-state index is 13.0. The fraction of sp³-hybridized carbons (Fsp3) is 0.417. The first-order valence-electron chi connectivity index (χ1n) is 11.0. The van der Waals surface area contributed by atoms with Crippen LogP contribution < -0.4 is 15.5 Å². The van der Waals surface area contributed by atoms with Crippen molar-refractivity contribution in [3.05, 3.63) is 54.1 Å². The van der Waals surface area contributed by atoms with Gasteiger partial charge in [0.15, 0.2) is 0 Å². The summed E-state index contributed by atoms with van der Waals surface area (Å²) < 4.78 is 5.62. The molecule has 2 N–H and O–H groups in total. The first kappa shape index (κ1) is 21.7. The minimum absolute atomic E-state index is 0.0894. The monoisotopic (exact) mass is 439 g/mol. The lowest BCUT2D eigenvalue weighted by atomic mass is 10.1. The Labute approximate surface area is 187 Å². The van der Waals surface area contributed by atoms with Crippen molar-refractivity contribution in [1.29, 1.82) is 0 Å². The maximum absolute atomic E-state index is 13.0.